The van der Waals surface area contributed by atoms with E-state index in [4.69, 9.17) is 10.9 Å². The van der Waals surface area contributed by atoms with Crippen LogP contribution in [-0.2, 0) is 0 Å². The molecule has 0 aliphatic carbocycles. The molecule has 0 amide bonds. The maximum absolute atomic E-state index is 8.82. The first-order valence-electron chi connectivity index (χ1n) is 6.64. The molecule has 2 aromatic carbocycles. The van der Waals surface area contributed by atoms with Gasteiger partial charge < -0.3 is 16.3 Å². The lowest BCUT2D eigenvalue weighted by Gasteiger charge is -2.21. The maximum atomic E-state index is 8.82. The molecule has 0 fully saturated rings. The summed E-state index contributed by atoms with van der Waals surface area (Å²) in [6, 6.07) is 16.0. The molecule has 0 aromatic heterocycles. The summed E-state index contributed by atoms with van der Waals surface area (Å²) in [5.41, 5.74) is 8.93. The van der Waals surface area contributed by atoms with Crippen LogP contribution in [0.25, 0.3) is 0 Å². The third-order valence-corrected chi connectivity index (χ3v) is 3.77. The van der Waals surface area contributed by atoms with Crippen molar-refractivity contribution < 1.29 is 5.21 Å². The lowest BCUT2D eigenvalue weighted by atomic mass is 10.0. The van der Waals surface area contributed by atoms with Gasteiger partial charge in [-0.05, 0) is 30.2 Å². The summed E-state index contributed by atoms with van der Waals surface area (Å²) in [7, 11) is 0. The lowest BCUT2D eigenvalue weighted by molar-refractivity contribution is 0.316. The van der Waals surface area contributed by atoms with Crippen molar-refractivity contribution in [2.24, 2.45) is 10.9 Å². The van der Waals surface area contributed by atoms with Crippen LogP contribution < -0.4 is 11.1 Å². The fourth-order valence-corrected chi connectivity index (χ4v) is 2.49. The van der Waals surface area contributed by atoms with E-state index in [2.05, 4.69) is 26.4 Å². The molecule has 0 heterocycles. The number of nitrogens with two attached hydrogens (primary N) is 1. The maximum Gasteiger partial charge on any atom is 0.141 e. The van der Waals surface area contributed by atoms with Gasteiger partial charge in [0.15, 0.2) is 0 Å². The summed E-state index contributed by atoms with van der Waals surface area (Å²) in [6.07, 6.45) is 0.423. The number of hydrogen-bond donors (Lipinski definition) is 3. The average Bonchev–Trinajstić information content (AvgIpc) is 2.51. The van der Waals surface area contributed by atoms with E-state index in [0.29, 0.717) is 6.42 Å². The minimum atomic E-state index is -0.0601. The summed E-state index contributed by atoms with van der Waals surface area (Å²) in [4.78, 5) is 0. The van der Waals surface area contributed by atoms with E-state index in [1.807, 2.05) is 55.5 Å². The molecule has 1 unspecified atom stereocenters. The van der Waals surface area contributed by atoms with E-state index < -0.39 is 0 Å². The minimum Gasteiger partial charge on any atom is -0.409 e. The van der Waals surface area contributed by atoms with Crippen molar-refractivity contribution in [1.29, 1.82) is 0 Å². The summed E-state index contributed by atoms with van der Waals surface area (Å²) in [5.74, 6) is 0.198. The summed E-state index contributed by atoms with van der Waals surface area (Å²) < 4.78 is 1.01. The van der Waals surface area contributed by atoms with Gasteiger partial charge in [0.25, 0.3) is 0 Å². The Labute approximate surface area is 132 Å². The first kappa shape index (κ1) is 15.4. The van der Waals surface area contributed by atoms with Gasteiger partial charge in [-0.25, -0.2) is 0 Å². The Morgan fingerprint density at radius 2 is 2.00 bits per heavy atom. The SMILES string of the molecule is Cc1ccc(Br)cc1NC(CC(N)=NO)c1ccccc1. The Kier molecular flexibility index (Phi) is 5.22. The van der Waals surface area contributed by atoms with E-state index in [0.717, 1.165) is 21.3 Å². The number of oxime groups is 1. The van der Waals surface area contributed by atoms with Gasteiger partial charge in [0.05, 0.1) is 6.04 Å². The van der Waals surface area contributed by atoms with Crippen molar-refractivity contribution in [1.82, 2.24) is 0 Å². The number of benzene rings is 2. The lowest BCUT2D eigenvalue weighted by Crippen LogP contribution is -2.21. The molecule has 0 saturated carbocycles. The molecule has 2 aromatic rings. The molecule has 0 bridgehead atoms. The summed E-state index contributed by atoms with van der Waals surface area (Å²) >= 11 is 3.48. The van der Waals surface area contributed by atoms with Gasteiger partial charge in [-0.3, -0.25) is 0 Å². The molecule has 110 valence electrons. The Morgan fingerprint density at radius 3 is 2.67 bits per heavy atom. The van der Waals surface area contributed by atoms with Crippen molar-refractivity contribution in [3.63, 3.8) is 0 Å². The van der Waals surface area contributed by atoms with Crippen LogP contribution in [0.3, 0.4) is 0 Å². The fraction of sp³-hybridized carbons (Fsp3) is 0.188. The molecule has 0 spiro atoms. The van der Waals surface area contributed by atoms with Gasteiger partial charge >= 0.3 is 0 Å². The Hall–Kier alpha value is -2.01. The van der Waals surface area contributed by atoms with Gasteiger partial charge in [-0.15, -0.1) is 0 Å². The molecular weight excluding hydrogens is 330 g/mol. The predicted octanol–water partition coefficient (Wildman–Crippen LogP) is 4.05. The normalized spacial score (nSPS) is 13.0. The first-order valence-corrected chi connectivity index (χ1v) is 7.43. The van der Waals surface area contributed by atoms with Crippen LogP contribution in [0.15, 0.2) is 58.2 Å². The van der Waals surface area contributed by atoms with Crippen LogP contribution in [0.1, 0.15) is 23.6 Å². The van der Waals surface area contributed by atoms with Crippen molar-refractivity contribution in [2.45, 2.75) is 19.4 Å². The Bertz CT molecular complexity index is 629. The second kappa shape index (κ2) is 7.13. The van der Waals surface area contributed by atoms with Crippen molar-refractivity contribution in [2.75, 3.05) is 5.32 Å². The van der Waals surface area contributed by atoms with Crippen LogP contribution in [0.2, 0.25) is 0 Å². The molecular formula is C16H18BrN3O. The van der Waals surface area contributed by atoms with Crippen LogP contribution >= 0.6 is 15.9 Å². The van der Waals surface area contributed by atoms with Crippen LogP contribution in [-0.4, -0.2) is 11.0 Å². The largest absolute Gasteiger partial charge is 0.409 e. The summed E-state index contributed by atoms with van der Waals surface area (Å²) in [5, 5.41) is 15.4. The number of nitrogens with zero attached hydrogens (tertiary/aromatic N) is 1. The molecule has 2 rings (SSSR count). The molecule has 0 aliphatic rings. The highest BCUT2D eigenvalue weighted by Crippen LogP contribution is 2.27. The standard InChI is InChI=1S/C16H18BrN3O/c1-11-7-8-13(17)9-14(11)19-15(10-16(18)20-21)12-5-3-2-4-6-12/h2-9,15,19,21H,10H2,1H3,(H2,18,20). The molecule has 4 nitrogen and oxygen atoms in total. The zero-order chi connectivity index (χ0) is 15.2. The van der Waals surface area contributed by atoms with E-state index in [1.54, 1.807) is 0 Å². The van der Waals surface area contributed by atoms with Gasteiger partial charge in [0.2, 0.25) is 0 Å². The number of nitrogens with one attached hydrogen (secondary N) is 1. The highest BCUT2D eigenvalue weighted by molar-refractivity contribution is 9.10. The molecule has 0 saturated heterocycles. The van der Waals surface area contributed by atoms with Gasteiger partial charge in [0.1, 0.15) is 5.84 Å². The Balaban J connectivity index is 2.29. The Morgan fingerprint density at radius 1 is 1.29 bits per heavy atom. The third kappa shape index (κ3) is 4.23. The van der Waals surface area contributed by atoms with Crippen molar-refractivity contribution in [3.8, 4) is 0 Å². The van der Waals surface area contributed by atoms with Gasteiger partial charge in [0, 0.05) is 16.6 Å². The molecule has 4 N–H and O–H groups in total. The zero-order valence-corrected chi connectivity index (χ0v) is 13.3. The molecule has 21 heavy (non-hydrogen) atoms. The van der Waals surface area contributed by atoms with E-state index in [-0.39, 0.29) is 11.9 Å². The third-order valence-electron chi connectivity index (χ3n) is 3.27. The monoisotopic (exact) mass is 347 g/mol. The molecule has 5 heteroatoms. The molecule has 0 aliphatic heterocycles. The van der Waals surface area contributed by atoms with Crippen LogP contribution in [0.5, 0.6) is 0 Å². The molecule has 1 atom stereocenters. The van der Waals surface area contributed by atoms with Crippen molar-refractivity contribution >= 4 is 27.5 Å². The number of hydrogen-bond acceptors (Lipinski definition) is 3. The quantitative estimate of drug-likeness (QED) is 0.330. The first-order chi connectivity index (χ1) is 10.1. The highest BCUT2D eigenvalue weighted by atomic mass is 79.9. The minimum absolute atomic E-state index is 0.0601. The number of halogens is 1. The van der Waals surface area contributed by atoms with Crippen LogP contribution in [0.4, 0.5) is 5.69 Å². The average molecular weight is 348 g/mol. The number of rotatable bonds is 5. The second-order valence-corrected chi connectivity index (χ2v) is 5.78. The zero-order valence-electron chi connectivity index (χ0n) is 11.8. The summed E-state index contributed by atoms with van der Waals surface area (Å²) in [6.45, 7) is 2.04. The fourth-order valence-electron chi connectivity index (χ4n) is 2.12. The van der Waals surface area contributed by atoms with Crippen molar-refractivity contribution in [3.05, 3.63) is 64.1 Å². The van der Waals surface area contributed by atoms with Gasteiger partial charge in [-0.2, -0.15) is 0 Å². The van der Waals surface area contributed by atoms with Crippen LogP contribution in [0, 0.1) is 6.92 Å². The smallest absolute Gasteiger partial charge is 0.141 e. The topological polar surface area (TPSA) is 70.6 Å². The molecule has 0 radical (unpaired) electrons. The predicted molar refractivity (Wildman–Crippen MR) is 89.7 cm³/mol. The second-order valence-electron chi connectivity index (χ2n) is 4.86. The van der Waals surface area contributed by atoms with E-state index in [1.165, 1.54) is 0 Å². The number of aryl methyl sites for hydroxylation is 1. The highest BCUT2D eigenvalue weighted by Gasteiger charge is 2.14. The number of amidine groups is 1. The van der Waals surface area contributed by atoms with E-state index in [9.17, 15) is 0 Å². The van der Waals surface area contributed by atoms with Gasteiger partial charge in [-0.1, -0.05) is 57.5 Å². The van der Waals surface area contributed by atoms with E-state index >= 15 is 0 Å². The number of anilines is 1.